The van der Waals surface area contributed by atoms with E-state index in [4.69, 9.17) is 14.0 Å². The molecule has 0 radical (unpaired) electrons. The van der Waals surface area contributed by atoms with Crippen molar-refractivity contribution >= 4 is 0 Å². The number of methoxy groups -OCH3 is 1. The van der Waals surface area contributed by atoms with Crippen LogP contribution >= 0.6 is 0 Å². The lowest BCUT2D eigenvalue weighted by molar-refractivity contribution is -0.0347. The first kappa shape index (κ1) is 18.5. The van der Waals surface area contributed by atoms with Gasteiger partial charge in [0.2, 0.25) is 11.7 Å². The van der Waals surface area contributed by atoms with E-state index in [0.29, 0.717) is 24.7 Å². The first-order valence-electron chi connectivity index (χ1n) is 9.36. The van der Waals surface area contributed by atoms with E-state index in [1.165, 1.54) is 11.9 Å². The fourth-order valence-corrected chi connectivity index (χ4v) is 3.32. The van der Waals surface area contributed by atoms with Gasteiger partial charge in [-0.25, -0.2) is 9.97 Å². The number of morpholine rings is 1. The molecule has 1 atom stereocenters. The molecule has 3 aromatic rings. The van der Waals surface area contributed by atoms with E-state index >= 15 is 0 Å². The van der Waals surface area contributed by atoms with Gasteiger partial charge in [-0.15, -0.1) is 0 Å². The van der Waals surface area contributed by atoms with Gasteiger partial charge in [-0.2, -0.15) is 4.98 Å². The Kier molecular flexibility index (Phi) is 5.59. The van der Waals surface area contributed by atoms with Crippen LogP contribution < -0.4 is 4.74 Å². The summed E-state index contributed by atoms with van der Waals surface area (Å²) in [6.07, 6.45) is 3.76. The van der Waals surface area contributed by atoms with Crippen molar-refractivity contribution < 1.29 is 14.0 Å². The van der Waals surface area contributed by atoms with Crippen LogP contribution in [0.5, 0.6) is 5.75 Å². The molecule has 0 saturated carbocycles. The molecule has 0 amide bonds. The Bertz CT molecular complexity index is 929. The number of nitrogens with zero attached hydrogens (tertiary/aromatic N) is 5. The first-order valence-corrected chi connectivity index (χ1v) is 9.36. The number of rotatable bonds is 6. The highest BCUT2D eigenvalue weighted by molar-refractivity contribution is 5.56. The molecule has 8 nitrogen and oxygen atoms in total. The molecule has 1 aliphatic heterocycles. The number of hydrogen-bond acceptors (Lipinski definition) is 8. The largest absolute Gasteiger partial charge is 0.497 e. The SMILES string of the molecule is CCc1nc(-c2cncnc2[C@@H]2CN(Cc3cccc(OC)c3)CCO2)no1. The number of benzene rings is 1. The van der Waals surface area contributed by atoms with Gasteiger partial charge < -0.3 is 14.0 Å². The molecule has 3 heterocycles. The van der Waals surface area contributed by atoms with Crippen LogP contribution in [0.15, 0.2) is 41.3 Å². The zero-order chi connectivity index (χ0) is 19.3. The van der Waals surface area contributed by atoms with Crippen molar-refractivity contribution in [3.63, 3.8) is 0 Å². The third-order valence-corrected chi connectivity index (χ3v) is 4.75. The molecule has 0 aliphatic carbocycles. The van der Waals surface area contributed by atoms with Crippen molar-refractivity contribution in [2.45, 2.75) is 26.0 Å². The minimum Gasteiger partial charge on any atom is -0.497 e. The quantitative estimate of drug-likeness (QED) is 0.644. The highest BCUT2D eigenvalue weighted by Crippen LogP contribution is 2.29. The van der Waals surface area contributed by atoms with Gasteiger partial charge in [0, 0.05) is 32.3 Å². The highest BCUT2D eigenvalue weighted by atomic mass is 16.5. The summed E-state index contributed by atoms with van der Waals surface area (Å²) in [7, 11) is 1.68. The van der Waals surface area contributed by atoms with E-state index in [2.05, 4.69) is 37.1 Å². The van der Waals surface area contributed by atoms with Crippen LogP contribution in [0.3, 0.4) is 0 Å². The van der Waals surface area contributed by atoms with E-state index in [9.17, 15) is 0 Å². The van der Waals surface area contributed by atoms with Crippen LogP contribution in [0, 0.1) is 0 Å². The second-order valence-corrected chi connectivity index (χ2v) is 6.63. The van der Waals surface area contributed by atoms with Gasteiger partial charge in [0.15, 0.2) is 0 Å². The number of aryl methyl sites for hydroxylation is 1. The summed E-state index contributed by atoms with van der Waals surface area (Å²) >= 11 is 0. The molecule has 8 heteroatoms. The highest BCUT2D eigenvalue weighted by Gasteiger charge is 2.27. The molecule has 1 aromatic carbocycles. The normalized spacial score (nSPS) is 17.6. The smallest absolute Gasteiger partial charge is 0.226 e. The van der Waals surface area contributed by atoms with Crippen molar-refractivity contribution in [3.8, 4) is 17.1 Å². The van der Waals surface area contributed by atoms with Crippen molar-refractivity contribution in [2.24, 2.45) is 0 Å². The molecule has 146 valence electrons. The van der Waals surface area contributed by atoms with Crippen molar-refractivity contribution in [1.29, 1.82) is 0 Å². The molecule has 2 aromatic heterocycles. The van der Waals surface area contributed by atoms with Crippen molar-refractivity contribution in [1.82, 2.24) is 25.0 Å². The third-order valence-electron chi connectivity index (χ3n) is 4.75. The first-order chi connectivity index (χ1) is 13.8. The summed E-state index contributed by atoms with van der Waals surface area (Å²) in [5.41, 5.74) is 2.74. The van der Waals surface area contributed by atoms with E-state index in [1.807, 2.05) is 19.1 Å². The molecule has 1 fully saturated rings. The summed E-state index contributed by atoms with van der Waals surface area (Å²) < 4.78 is 16.6. The Morgan fingerprint density at radius 3 is 3.07 bits per heavy atom. The summed E-state index contributed by atoms with van der Waals surface area (Å²) in [5, 5.41) is 4.07. The fourth-order valence-electron chi connectivity index (χ4n) is 3.32. The minimum atomic E-state index is -0.180. The zero-order valence-electron chi connectivity index (χ0n) is 16.0. The Hall–Kier alpha value is -2.84. The number of hydrogen-bond donors (Lipinski definition) is 0. The van der Waals surface area contributed by atoms with Gasteiger partial charge in [0.1, 0.15) is 18.2 Å². The monoisotopic (exact) mass is 381 g/mol. The second kappa shape index (κ2) is 8.45. The van der Waals surface area contributed by atoms with Gasteiger partial charge in [-0.1, -0.05) is 24.2 Å². The number of ether oxygens (including phenoxy) is 2. The maximum absolute atomic E-state index is 6.03. The Labute approximate surface area is 163 Å². The third kappa shape index (κ3) is 4.02. The predicted octanol–water partition coefficient (Wildman–Crippen LogP) is 2.67. The molecule has 1 aliphatic rings. The summed E-state index contributed by atoms with van der Waals surface area (Å²) in [5.74, 6) is 1.96. The van der Waals surface area contributed by atoms with Gasteiger partial charge in [0.25, 0.3) is 0 Å². The lowest BCUT2D eigenvalue weighted by atomic mass is 10.1. The van der Waals surface area contributed by atoms with Crippen LogP contribution in [0.4, 0.5) is 0 Å². The fraction of sp³-hybridized carbons (Fsp3) is 0.400. The van der Waals surface area contributed by atoms with Gasteiger partial charge in [-0.05, 0) is 17.7 Å². The van der Waals surface area contributed by atoms with Crippen LogP contribution in [0.2, 0.25) is 0 Å². The number of aromatic nitrogens is 4. The molecule has 0 N–H and O–H groups in total. The Balaban J connectivity index is 1.53. The average molecular weight is 381 g/mol. The Morgan fingerprint density at radius 1 is 1.32 bits per heavy atom. The summed E-state index contributed by atoms with van der Waals surface area (Å²) in [6.45, 7) is 5.00. The molecule has 28 heavy (non-hydrogen) atoms. The van der Waals surface area contributed by atoms with E-state index in [0.717, 1.165) is 36.6 Å². The van der Waals surface area contributed by atoms with Crippen molar-refractivity contribution in [3.05, 3.63) is 53.9 Å². The summed E-state index contributed by atoms with van der Waals surface area (Å²) in [6, 6.07) is 8.13. The van der Waals surface area contributed by atoms with Gasteiger partial charge >= 0.3 is 0 Å². The zero-order valence-corrected chi connectivity index (χ0v) is 16.0. The van der Waals surface area contributed by atoms with E-state index in [1.54, 1.807) is 13.3 Å². The van der Waals surface area contributed by atoms with Crippen LogP contribution in [0.1, 0.15) is 30.2 Å². The maximum atomic E-state index is 6.03. The minimum absolute atomic E-state index is 0.180. The second-order valence-electron chi connectivity index (χ2n) is 6.63. The molecule has 4 rings (SSSR count). The molecule has 0 spiro atoms. The standard InChI is InChI=1S/C20H23N5O3/c1-3-18-23-20(24-28-18)16-10-21-13-22-19(16)17-12-25(7-8-27-17)11-14-5-4-6-15(9-14)26-2/h4-6,9-10,13,17H,3,7-8,11-12H2,1-2H3/t17-/m0/s1. The topological polar surface area (TPSA) is 86.4 Å². The van der Waals surface area contributed by atoms with Gasteiger partial charge in [-0.3, -0.25) is 4.90 Å². The van der Waals surface area contributed by atoms with Crippen LogP contribution in [-0.2, 0) is 17.7 Å². The van der Waals surface area contributed by atoms with E-state index < -0.39 is 0 Å². The average Bonchev–Trinajstić information content (AvgIpc) is 3.23. The predicted molar refractivity (Wildman–Crippen MR) is 102 cm³/mol. The van der Waals surface area contributed by atoms with Crippen molar-refractivity contribution in [2.75, 3.05) is 26.8 Å². The molecule has 1 saturated heterocycles. The van der Waals surface area contributed by atoms with Crippen LogP contribution in [-0.4, -0.2) is 51.8 Å². The Morgan fingerprint density at radius 2 is 2.25 bits per heavy atom. The maximum Gasteiger partial charge on any atom is 0.226 e. The molecular weight excluding hydrogens is 358 g/mol. The van der Waals surface area contributed by atoms with Crippen LogP contribution in [0.25, 0.3) is 11.4 Å². The molecular formula is C20H23N5O3. The lowest BCUT2D eigenvalue weighted by Crippen LogP contribution is -2.38. The van der Waals surface area contributed by atoms with E-state index in [-0.39, 0.29) is 6.10 Å². The molecule has 0 bridgehead atoms. The summed E-state index contributed by atoms with van der Waals surface area (Å²) in [4.78, 5) is 15.4. The van der Waals surface area contributed by atoms with Gasteiger partial charge in [0.05, 0.1) is 25.0 Å². The molecule has 0 unspecified atom stereocenters. The lowest BCUT2D eigenvalue weighted by Gasteiger charge is -2.33.